The van der Waals surface area contributed by atoms with E-state index in [1.165, 1.54) is 44.1 Å². The average Bonchev–Trinajstić information content (AvgIpc) is 2.59. The maximum atomic E-state index is 6.08. The Hall–Kier alpha value is -0.530. The standard InChI is InChI=1S/C15H22ClN/c16-14-9-5-8-13(10-14)15(11-17)12-6-3-1-2-4-7-12/h5,8-10,12,15H,1-4,6-7,11,17H2. The van der Waals surface area contributed by atoms with Gasteiger partial charge in [0.15, 0.2) is 0 Å². The molecule has 1 nitrogen and oxygen atoms in total. The third kappa shape index (κ3) is 3.46. The molecule has 0 aliphatic heterocycles. The quantitative estimate of drug-likeness (QED) is 0.794. The fraction of sp³-hybridized carbons (Fsp3) is 0.600. The highest BCUT2D eigenvalue weighted by Gasteiger charge is 2.23. The van der Waals surface area contributed by atoms with Crippen molar-refractivity contribution in [3.63, 3.8) is 0 Å². The summed E-state index contributed by atoms with van der Waals surface area (Å²) < 4.78 is 0. The Morgan fingerprint density at radius 2 is 1.88 bits per heavy atom. The molecule has 1 aromatic carbocycles. The van der Waals surface area contributed by atoms with E-state index < -0.39 is 0 Å². The largest absolute Gasteiger partial charge is 0.330 e. The van der Waals surface area contributed by atoms with E-state index in [2.05, 4.69) is 12.1 Å². The van der Waals surface area contributed by atoms with Gasteiger partial charge in [-0.05, 0) is 48.9 Å². The van der Waals surface area contributed by atoms with Gasteiger partial charge in [0.2, 0.25) is 0 Å². The number of hydrogen-bond donors (Lipinski definition) is 1. The third-order valence-electron chi connectivity index (χ3n) is 4.00. The van der Waals surface area contributed by atoms with Crippen molar-refractivity contribution in [3.8, 4) is 0 Å². The van der Waals surface area contributed by atoms with Crippen LogP contribution in [0.15, 0.2) is 24.3 Å². The van der Waals surface area contributed by atoms with Crippen molar-refractivity contribution in [2.45, 2.75) is 44.4 Å². The van der Waals surface area contributed by atoms with Crippen LogP contribution < -0.4 is 5.73 Å². The fourth-order valence-corrected chi connectivity index (χ4v) is 3.25. The van der Waals surface area contributed by atoms with E-state index in [9.17, 15) is 0 Å². The van der Waals surface area contributed by atoms with Gasteiger partial charge in [0.25, 0.3) is 0 Å². The topological polar surface area (TPSA) is 26.0 Å². The summed E-state index contributed by atoms with van der Waals surface area (Å²) in [6.07, 6.45) is 8.17. The summed E-state index contributed by atoms with van der Waals surface area (Å²) in [6.45, 7) is 0.741. The van der Waals surface area contributed by atoms with Gasteiger partial charge in [-0.1, -0.05) is 49.4 Å². The third-order valence-corrected chi connectivity index (χ3v) is 4.23. The second-order valence-electron chi connectivity index (χ2n) is 5.15. The fourth-order valence-electron chi connectivity index (χ4n) is 3.05. The predicted molar refractivity (Wildman–Crippen MR) is 74.4 cm³/mol. The zero-order valence-corrected chi connectivity index (χ0v) is 11.1. The Bertz CT molecular complexity index is 343. The molecule has 1 aliphatic carbocycles. The van der Waals surface area contributed by atoms with Gasteiger partial charge in [-0.25, -0.2) is 0 Å². The van der Waals surface area contributed by atoms with Gasteiger partial charge in [-0.3, -0.25) is 0 Å². The van der Waals surface area contributed by atoms with Gasteiger partial charge < -0.3 is 5.73 Å². The van der Waals surface area contributed by atoms with Crippen LogP contribution in [0.2, 0.25) is 5.02 Å². The summed E-state index contributed by atoms with van der Waals surface area (Å²) in [5.41, 5.74) is 7.32. The molecule has 2 heteroatoms. The van der Waals surface area contributed by atoms with Gasteiger partial charge in [0, 0.05) is 5.02 Å². The second-order valence-corrected chi connectivity index (χ2v) is 5.59. The van der Waals surface area contributed by atoms with Gasteiger partial charge in [0.05, 0.1) is 0 Å². The number of halogens is 1. The molecule has 0 heterocycles. The molecule has 0 radical (unpaired) electrons. The summed E-state index contributed by atoms with van der Waals surface area (Å²) in [7, 11) is 0. The van der Waals surface area contributed by atoms with Crippen LogP contribution in [0, 0.1) is 5.92 Å². The summed E-state index contributed by atoms with van der Waals surface area (Å²) in [6, 6.07) is 8.24. The van der Waals surface area contributed by atoms with Crippen LogP contribution >= 0.6 is 11.6 Å². The van der Waals surface area contributed by atoms with E-state index in [1.54, 1.807) is 0 Å². The summed E-state index contributed by atoms with van der Waals surface area (Å²) in [5, 5.41) is 0.828. The molecular weight excluding hydrogens is 230 g/mol. The highest BCUT2D eigenvalue weighted by molar-refractivity contribution is 6.30. The normalized spacial score (nSPS) is 19.9. The first-order chi connectivity index (χ1) is 8.31. The first-order valence-electron chi connectivity index (χ1n) is 6.77. The molecule has 94 valence electrons. The molecule has 17 heavy (non-hydrogen) atoms. The average molecular weight is 252 g/mol. The minimum Gasteiger partial charge on any atom is -0.330 e. The highest BCUT2D eigenvalue weighted by atomic mass is 35.5. The lowest BCUT2D eigenvalue weighted by atomic mass is 9.81. The van der Waals surface area contributed by atoms with Crippen LogP contribution in [0.3, 0.4) is 0 Å². The van der Waals surface area contributed by atoms with E-state index in [1.807, 2.05) is 12.1 Å². The number of rotatable bonds is 3. The van der Waals surface area contributed by atoms with Crippen molar-refractivity contribution in [1.29, 1.82) is 0 Å². The first-order valence-corrected chi connectivity index (χ1v) is 7.14. The Kier molecular flexibility index (Phi) is 4.87. The van der Waals surface area contributed by atoms with Crippen LogP contribution in [-0.4, -0.2) is 6.54 Å². The van der Waals surface area contributed by atoms with Gasteiger partial charge in [-0.2, -0.15) is 0 Å². The SMILES string of the molecule is NCC(c1cccc(Cl)c1)C1CCCCCC1. The van der Waals surface area contributed by atoms with Crippen LogP contribution in [0.5, 0.6) is 0 Å². The minimum absolute atomic E-state index is 0.492. The van der Waals surface area contributed by atoms with Crippen molar-refractivity contribution in [1.82, 2.24) is 0 Å². The van der Waals surface area contributed by atoms with Crippen LogP contribution in [0.25, 0.3) is 0 Å². The highest BCUT2D eigenvalue weighted by Crippen LogP contribution is 2.35. The Labute approximate surface area is 109 Å². The molecule has 1 saturated carbocycles. The summed E-state index contributed by atoms with van der Waals surface area (Å²) >= 11 is 6.08. The number of benzene rings is 1. The molecule has 0 amide bonds. The Balaban J connectivity index is 2.14. The molecule has 0 aromatic heterocycles. The molecule has 1 unspecified atom stereocenters. The van der Waals surface area contributed by atoms with Gasteiger partial charge in [0.1, 0.15) is 0 Å². The van der Waals surface area contributed by atoms with Crippen molar-refractivity contribution in [2.75, 3.05) is 6.54 Å². The summed E-state index contributed by atoms with van der Waals surface area (Å²) in [4.78, 5) is 0. The molecule has 1 fully saturated rings. The van der Waals surface area contributed by atoms with Crippen molar-refractivity contribution < 1.29 is 0 Å². The molecule has 0 saturated heterocycles. The van der Waals surface area contributed by atoms with E-state index in [0.29, 0.717) is 5.92 Å². The maximum Gasteiger partial charge on any atom is 0.0408 e. The lowest BCUT2D eigenvalue weighted by molar-refractivity contribution is 0.380. The predicted octanol–water partition coefficient (Wildman–Crippen LogP) is 4.35. The van der Waals surface area contributed by atoms with Crippen LogP contribution in [0.1, 0.15) is 50.0 Å². The van der Waals surface area contributed by atoms with Crippen molar-refractivity contribution in [3.05, 3.63) is 34.9 Å². The maximum absolute atomic E-state index is 6.08. The van der Waals surface area contributed by atoms with E-state index in [-0.39, 0.29) is 0 Å². The lowest BCUT2D eigenvalue weighted by Crippen LogP contribution is -2.21. The van der Waals surface area contributed by atoms with Gasteiger partial charge in [-0.15, -0.1) is 0 Å². The van der Waals surface area contributed by atoms with E-state index in [0.717, 1.165) is 17.5 Å². The Morgan fingerprint density at radius 1 is 1.18 bits per heavy atom. The van der Waals surface area contributed by atoms with Crippen molar-refractivity contribution in [2.24, 2.45) is 11.7 Å². The Morgan fingerprint density at radius 3 is 2.47 bits per heavy atom. The van der Waals surface area contributed by atoms with Crippen molar-refractivity contribution >= 4 is 11.6 Å². The van der Waals surface area contributed by atoms with Crippen LogP contribution in [0.4, 0.5) is 0 Å². The lowest BCUT2D eigenvalue weighted by Gasteiger charge is -2.25. The monoisotopic (exact) mass is 251 g/mol. The molecule has 1 aromatic rings. The molecule has 2 N–H and O–H groups in total. The molecule has 2 rings (SSSR count). The zero-order valence-electron chi connectivity index (χ0n) is 10.4. The first kappa shape index (κ1) is 12.9. The zero-order chi connectivity index (χ0) is 12.1. The van der Waals surface area contributed by atoms with Crippen LogP contribution in [-0.2, 0) is 0 Å². The number of hydrogen-bond acceptors (Lipinski definition) is 1. The molecule has 1 atom stereocenters. The molecule has 0 spiro atoms. The second kappa shape index (κ2) is 6.42. The molecule has 1 aliphatic rings. The van der Waals surface area contributed by atoms with E-state index >= 15 is 0 Å². The smallest absolute Gasteiger partial charge is 0.0408 e. The number of nitrogens with two attached hydrogens (primary N) is 1. The summed E-state index contributed by atoms with van der Waals surface area (Å²) in [5.74, 6) is 1.24. The van der Waals surface area contributed by atoms with E-state index in [4.69, 9.17) is 17.3 Å². The molecule has 0 bridgehead atoms. The molecular formula is C15H22ClN. The van der Waals surface area contributed by atoms with Gasteiger partial charge >= 0.3 is 0 Å². The minimum atomic E-state index is 0.492.